The Morgan fingerprint density at radius 2 is 1.76 bits per heavy atom. The second kappa shape index (κ2) is 10.0. The zero-order chi connectivity index (χ0) is 26.3. The van der Waals surface area contributed by atoms with Crippen LogP contribution in [0.3, 0.4) is 0 Å². The number of benzene rings is 2. The summed E-state index contributed by atoms with van der Waals surface area (Å²) in [7, 11) is 2.13. The lowest BCUT2D eigenvalue weighted by molar-refractivity contribution is -0.135. The monoisotopic (exact) mass is 540 g/mol. The number of hydrogen-bond acceptors (Lipinski definition) is 5. The fraction of sp³-hybridized carbons (Fsp3) is 0.370. The maximum Gasteiger partial charge on any atom is 0.256 e. The van der Waals surface area contributed by atoms with E-state index in [1.807, 2.05) is 38.1 Å². The lowest BCUT2D eigenvalue weighted by Gasteiger charge is -2.34. The molecule has 8 nitrogen and oxygen atoms in total. The van der Waals surface area contributed by atoms with Crippen molar-refractivity contribution in [2.24, 2.45) is 0 Å². The van der Waals surface area contributed by atoms with Crippen LogP contribution in [0.5, 0.6) is 0 Å². The lowest BCUT2D eigenvalue weighted by atomic mass is 10.00. The fourth-order valence-corrected chi connectivity index (χ4v) is 5.49. The molecule has 0 aliphatic carbocycles. The molecular weight excluding hydrogens is 511 g/mol. The van der Waals surface area contributed by atoms with Gasteiger partial charge in [0, 0.05) is 53.0 Å². The van der Waals surface area contributed by atoms with E-state index in [9.17, 15) is 9.59 Å². The summed E-state index contributed by atoms with van der Waals surface area (Å²) < 4.78 is 0. The number of aromatic nitrogens is 2. The Morgan fingerprint density at radius 3 is 2.43 bits per heavy atom. The Bertz CT molecular complexity index is 1330. The van der Waals surface area contributed by atoms with Crippen LogP contribution in [0.15, 0.2) is 42.5 Å². The average molecular weight is 541 g/mol. The summed E-state index contributed by atoms with van der Waals surface area (Å²) in [5, 5.41) is 11.3. The van der Waals surface area contributed by atoms with Crippen LogP contribution in [0.4, 0.5) is 11.5 Å². The molecule has 0 saturated carbocycles. The highest BCUT2D eigenvalue weighted by Gasteiger charge is 2.43. The van der Waals surface area contributed by atoms with Gasteiger partial charge in [0.15, 0.2) is 5.82 Å². The zero-order valence-electron chi connectivity index (χ0n) is 21.1. The minimum atomic E-state index is -0.620. The number of aromatic amines is 1. The molecule has 2 aliphatic heterocycles. The van der Waals surface area contributed by atoms with E-state index in [1.165, 1.54) is 0 Å². The maximum absolute atomic E-state index is 13.3. The standard InChI is InChI=1S/C27H30Cl2N6O2/c1-27(2)24-21(16-35(27)23(36)14-18-4-7-19(28)15-22(18)29)25(32-31-24)30-26(37)17-5-8-20(9-6-17)34-12-10-33(3)11-13-34/h4-9,15H,10-14,16H2,1-3H3,(H2,30,31,32,37). The molecule has 0 atom stereocenters. The number of carbonyl (C=O) groups is 2. The van der Waals surface area contributed by atoms with Crippen molar-refractivity contribution in [3.63, 3.8) is 0 Å². The van der Waals surface area contributed by atoms with Crippen LogP contribution in [0.1, 0.15) is 41.0 Å². The van der Waals surface area contributed by atoms with Crippen LogP contribution >= 0.6 is 23.2 Å². The van der Waals surface area contributed by atoms with Gasteiger partial charge in [-0.15, -0.1) is 0 Å². The Hall–Kier alpha value is -3.07. The van der Waals surface area contributed by atoms with Gasteiger partial charge >= 0.3 is 0 Å². The van der Waals surface area contributed by atoms with Gasteiger partial charge in [0.05, 0.1) is 24.2 Å². The SMILES string of the molecule is CN1CCN(c2ccc(C(=O)Nc3n[nH]c4c3CN(C(=O)Cc3ccc(Cl)cc3Cl)C4(C)C)cc2)CC1. The molecule has 2 aliphatic rings. The third-order valence-corrected chi connectivity index (χ3v) is 7.94. The summed E-state index contributed by atoms with van der Waals surface area (Å²) in [6.07, 6.45) is 0.151. The molecule has 3 heterocycles. The predicted molar refractivity (Wildman–Crippen MR) is 146 cm³/mol. The van der Waals surface area contributed by atoms with Gasteiger partial charge in [0.2, 0.25) is 5.91 Å². The first-order valence-corrected chi connectivity index (χ1v) is 13.1. The van der Waals surface area contributed by atoms with E-state index in [0.29, 0.717) is 33.5 Å². The van der Waals surface area contributed by atoms with Crippen LogP contribution < -0.4 is 10.2 Å². The van der Waals surface area contributed by atoms with E-state index in [2.05, 4.69) is 32.4 Å². The summed E-state index contributed by atoms with van der Waals surface area (Å²) in [6, 6.07) is 12.8. The smallest absolute Gasteiger partial charge is 0.256 e. The molecule has 1 saturated heterocycles. The normalized spacial score (nSPS) is 17.1. The molecule has 1 aromatic heterocycles. The quantitative estimate of drug-likeness (QED) is 0.496. The average Bonchev–Trinajstić information content (AvgIpc) is 3.39. The lowest BCUT2D eigenvalue weighted by Crippen LogP contribution is -2.44. The highest BCUT2D eigenvalue weighted by molar-refractivity contribution is 6.35. The van der Waals surface area contributed by atoms with Gasteiger partial charge in [0.1, 0.15) is 0 Å². The number of nitrogens with one attached hydrogen (secondary N) is 2. The number of fused-ring (bicyclic) bond motifs is 1. The first-order chi connectivity index (χ1) is 17.6. The zero-order valence-corrected chi connectivity index (χ0v) is 22.7. The minimum Gasteiger partial charge on any atom is -0.369 e. The number of carbonyl (C=O) groups excluding carboxylic acids is 2. The minimum absolute atomic E-state index is 0.0735. The van der Waals surface area contributed by atoms with Crippen molar-refractivity contribution >= 4 is 46.5 Å². The highest BCUT2D eigenvalue weighted by atomic mass is 35.5. The number of halogens is 2. The van der Waals surface area contributed by atoms with Gasteiger partial charge < -0.3 is 20.0 Å². The number of amides is 2. The Kier molecular flexibility index (Phi) is 6.91. The van der Waals surface area contributed by atoms with Crippen LogP contribution in [-0.4, -0.2) is 65.0 Å². The third kappa shape index (κ3) is 5.06. The van der Waals surface area contributed by atoms with Gasteiger partial charge in [0.25, 0.3) is 5.91 Å². The molecule has 37 heavy (non-hydrogen) atoms. The largest absolute Gasteiger partial charge is 0.369 e. The number of piperazine rings is 1. The number of nitrogens with zero attached hydrogens (tertiary/aromatic N) is 4. The van der Waals surface area contributed by atoms with E-state index in [1.54, 1.807) is 23.1 Å². The molecule has 5 rings (SSSR count). The van der Waals surface area contributed by atoms with Gasteiger partial charge in [-0.2, -0.15) is 5.10 Å². The number of hydrogen-bond donors (Lipinski definition) is 2. The molecule has 10 heteroatoms. The second-order valence-corrected chi connectivity index (χ2v) is 11.0. The molecule has 2 aromatic carbocycles. The summed E-state index contributed by atoms with van der Waals surface area (Å²) in [5.74, 6) is 0.126. The number of H-pyrrole nitrogens is 1. The Balaban J connectivity index is 1.27. The predicted octanol–water partition coefficient (Wildman–Crippen LogP) is 4.54. The number of likely N-dealkylation sites (N-methyl/N-ethyl adjacent to an activating group) is 1. The van der Waals surface area contributed by atoms with E-state index >= 15 is 0 Å². The first kappa shape index (κ1) is 25.6. The molecule has 0 radical (unpaired) electrons. The van der Waals surface area contributed by atoms with Gasteiger partial charge in [-0.1, -0.05) is 29.3 Å². The molecule has 0 bridgehead atoms. The summed E-state index contributed by atoms with van der Waals surface area (Å²) in [6.45, 7) is 8.24. The van der Waals surface area contributed by atoms with Gasteiger partial charge in [-0.3, -0.25) is 14.7 Å². The van der Waals surface area contributed by atoms with Crippen LogP contribution in [0, 0.1) is 0 Å². The molecule has 1 fully saturated rings. The second-order valence-electron chi connectivity index (χ2n) is 10.2. The van der Waals surface area contributed by atoms with E-state index < -0.39 is 5.54 Å². The Labute approximate surface area is 226 Å². The van der Waals surface area contributed by atoms with E-state index in [-0.39, 0.29) is 18.2 Å². The summed E-state index contributed by atoms with van der Waals surface area (Å²) in [4.78, 5) is 32.7. The highest BCUT2D eigenvalue weighted by Crippen LogP contribution is 2.41. The molecule has 2 amide bonds. The van der Waals surface area contributed by atoms with Crippen LogP contribution in [0.2, 0.25) is 10.0 Å². The van der Waals surface area contributed by atoms with Crippen molar-refractivity contribution in [1.29, 1.82) is 0 Å². The van der Waals surface area contributed by atoms with Gasteiger partial charge in [-0.25, -0.2) is 0 Å². The maximum atomic E-state index is 13.3. The fourth-order valence-electron chi connectivity index (χ4n) is 5.01. The molecule has 2 N–H and O–H groups in total. The molecule has 0 spiro atoms. The van der Waals surface area contributed by atoms with Crippen molar-refractivity contribution in [2.75, 3.05) is 43.4 Å². The van der Waals surface area contributed by atoms with Crippen molar-refractivity contribution < 1.29 is 9.59 Å². The van der Waals surface area contributed by atoms with Crippen molar-refractivity contribution in [3.8, 4) is 0 Å². The van der Waals surface area contributed by atoms with Crippen LogP contribution in [-0.2, 0) is 23.3 Å². The Morgan fingerprint density at radius 1 is 1.05 bits per heavy atom. The molecule has 3 aromatic rings. The number of anilines is 2. The van der Waals surface area contributed by atoms with Crippen molar-refractivity contribution in [3.05, 3.63) is 74.9 Å². The van der Waals surface area contributed by atoms with Crippen molar-refractivity contribution in [2.45, 2.75) is 32.4 Å². The van der Waals surface area contributed by atoms with Crippen LogP contribution in [0.25, 0.3) is 0 Å². The summed E-state index contributed by atoms with van der Waals surface area (Å²) >= 11 is 12.3. The molecule has 0 unspecified atom stereocenters. The number of rotatable bonds is 5. The first-order valence-electron chi connectivity index (χ1n) is 12.3. The molecular formula is C27H30Cl2N6O2. The summed E-state index contributed by atoms with van der Waals surface area (Å²) in [5.41, 5.74) is 3.38. The third-order valence-electron chi connectivity index (χ3n) is 7.36. The molecule has 194 valence electrons. The van der Waals surface area contributed by atoms with Crippen molar-refractivity contribution in [1.82, 2.24) is 20.0 Å². The van der Waals surface area contributed by atoms with Gasteiger partial charge in [-0.05, 0) is 62.9 Å². The topological polar surface area (TPSA) is 84.6 Å². The van der Waals surface area contributed by atoms with E-state index in [0.717, 1.165) is 43.1 Å². The van der Waals surface area contributed by atoms with E-state index in [4.69, 9.17) is 23.2 Å².